The van der Waals surface area contributed by atoms with Gasteiger partial charge in [-0.25, -0.2) is 9.78 Å². The van der Waals surface area contributed by atoms with Crippen LogP contribution in [0.4, 0.5) is 0 Å². The van der Waals surface area contributed by atoms with Crippen molar-refractivity contribution >= 4 is 5.97 Å². The molecule has 0 atom stereocenters. The summed E-state index contributed by atoms with van der Waals surface area (Å²) < 4.78 is 12.4. The molecule has 0 fully saturated rings. The van der Waals surface area contributed by atoms with Crippen LogP contribution in [-0.4, -0.2) is 28.7 Å². The molecule has 0 N–H and O–H groups in total. The summed E-state index contributed by atoms with van der Waals surface area (Å²) in [6.45, 7) is 3.45. The first-order valence-electron chi connectivity index (χ1n) is 6.15. The second kappa shape index (κ2) is 6.58. The van der Waals surface area contributed by atoms with Crippen molar-refractivity contribution in [2.75, 3.05) is 13.2 Å². The Bertz CT molecular complexity index is 506. The number of hydrogen-bond donors (Lipinski definition) is 0. The summed E-state index contributed by atoms with van der Waals surface area (Å²) in [5.41, 5.74) is 0.531. The standard InChI is InChI=1S/C14H16N2O3/c1-2-18-14(17)12-3-5-13(6-4-12)19-10-9-16-8-7-15-11-16/h3-8,11H,2,9-10H2,1H3. The lowest BCUT2D eigenvalue weighted by Gasteiger charge is -2.07. The molecule has 0 spiro atoms. The van der Waals surface area contributed by atoms with Crippen LogP contribution in [-0.2, 0) is 11.3 Å². The fourth-order valence-corrected chi connectivity index (χ4v) is 1.59. The average molecular weight is 260 g/mol. The van der Waals surface area contributed by atoms with Gasteiger partial charge in [0.05, 0.1) is 25.0 Å². The fourth-order valence-electron chi connectivity index (χ4n) is 1.59. The molecule has 0 aliphatic heterocycles. The zero-order valence-corrected chi connectivity index (χ0v) is 10.8. The first-order chi connectivity index (χ1) is 9.29. The molecule has 1 aromatic carbocycles. The molecule has 5 nitrogen and oxygen atoms in total. The maximum atomic E-state index is 11.5. The van der Waals surface area contributed by atoms with Gasteiger partial charge in [0.25, 0.3) is 0 Å². The summed E-state index contributed by atoms with van der Waals surface area (Å²) in [4.78, 5) is 15.4. The first-order valence-corrected chi connectivity index (χ1v) is 6.15. The van der Waals surface area contributed by atoms with Crippen LogP contribution in [0.5, 0.6) is 5.75 Å². The van der Waals surface area contributed by atoms with E-state index in [1.165, 1.54) is 0 Å². The summed E-state index contributed by atoms with van der Waals surface area (Å²) in [5.74, 6) is 0.417. The molecule has 1 aromatic heterocycles. The van der Waals surface area contributed by atoms with Crippen molar-refractivity contribution in [2.24, 2.45) is 0 Å². The van der Waals surface area contributed by atoms with E-state index in [0.717, 1.165) is 12.3 Å². The van der Waals surface area contributed by atoms with Gasteiger partial charge in [0.1, 0.15) is 12.4 Å². The lowest BCUT2D eigenvalue weighted by Crippen LogP contribution is -2.07. The van der Waals surface area contributed by atoms with Gasteiger partial charge in [0, 0.05) is 12.4 Å². The molecule has 0 aliphatic rings. The Morgan fingerprint density at radius 2 is 2.11 bits per heavy atom. The highest BCUT2D eigenvalue weighted by molar-refractivity contribution is 5.89. The lowest BCUT2D eigenvalue weighted by atomic mass is 10.2. The van der Waals surface area contributed by atoms with E-state index in [4.69, 9.17) is 9.47 Å². The van der Waals surface area contributed by atoms with Crippen molar-refractivity contribution in [3.05, 3.63) is 48.5 Å². The highest BCUT2D eigenvalue weighted by Crippen LogP contribution is 2.13. The third-order valence-electron chi connectivity index (χ3n) is 2.54. The molecular weight excluding hydrogens is 244 g/mol. The van der Waals surface area contributed by atoms with Gasteiger partial charge in [-0.2, -0.15) is 0 Å². The molecular formula is C14H16N2O3. The number of aromatic nitrogens is 2. The number of imidazole rings is 1. The number of ether oxygens (including phenoxy) is 2. The molecule has 0 saturated carbocycles. The Morgan fingerprint density at radius 3 is 2.74 bits per heavy atom. The number of carbonyl (C=O) groups is 1. The van der Waals surface area contributed by atoms with Gasteiger partial charge in [0.2, 0.25) is 0 Å². The summed E-state index contributed by atoms with van der Waals surface area (Å²) in [6, 6.07) is 6.93. The van der Waals surface area contributed by atoms with Gasteiger partial charge in [-0.1, -0.05) is 0 Å². The number of carbonyl (C=O) groups excluding carboxylic acids is 1. The number of hydrogen-bond acceptors (Lipinski definition) is 4. The number of benzene rings is 1. The predicted molar refractivity (Wildman–Crippen MR) is 70.1 cm³/mol. The van der Waals surface area contributed by atoms with E-state index in [2.05, 4.69) is 4.98 Å². The molecule has 0 saturated heterocycles. The molecule has 0 unspecified atom stereocenters. The summed E-state index contributed by atoms with van der Waals surface area (Å²) in [6.07, 6.45) is 5.36. The molecule has 0 aliphatic carbocycles. The summed E-state index contributed by atoms with van der Waals surface area (Å²) in [7, 11) is 0. The van der Waals surface area contributed by atoms with Crippen LogP contribution < -0.4 is 4.74 Å². The molecule has 0 bridgehead atoms. The molecule has 0 radical (unpaired) electrons. The van der Waals surface area contributed by atoms with E-state index in [9.17, 15) is 4.79 Å². The van der Waals surface area contributed by atoms with Crippen molar-refractivity contribution in [1.82, 2.24) is 9.55 Å². The Hall–Kier alpha value is -2.30. The summed E-state index contributed by atoms with van der Waals surface area (Å²) in [5, 5.41) is 0. The Balaban J connectivity index is 1.83. The first kappa shape index (κ1) is 13.1. The van der Waals surface area contributed by atoms with Crippen LogP contribution in [0.15, 0.2) is 43.0 Å². The second-order valence-corrected chi connectivity index (χ2v) is 3.89. The van der Waals surface area contributed by atoms with Gasteiger partial charge >= 0.3 is 5.97 Å². The van der Waals surface area contributed by atoms with Crippen LogP contribution in [0, 0.1) is 0 Å². The van der Waals surface area contributed by atoms with Crippen LogP contribution in [0.1, 0.15) is 17.3 Å². The topological polar surface area (TPSA) is 53.4 Å². The van der Waals surface area contributed by atoms with Crippen molar-refractivity contribution < 1.29 is 14.3 Å². The van der Waals surface area contributed by atoms with E-state index in [1.54, 1.807) is 43.7 Å². The zero-order chi connectivity index (χ0) is 13.5. The van der Waals surface area contributed by atoms with Gasteiger partial charge in [0.15, 0.2) is 0 Å². The molecule has 2 aromatic rings. The Morgan fingerprint density at radius 1 is 1.32 bits per heavy atom. The van der Waals surface area contributed by atoms with E-state index >= 15 is 0 Å². The van der Waals surface area contributed by atoms with Crippen molar-refractivity contribution in [2.45, 2.75) is 13.5 Å². The van der Waals surface area contributed by atoms with E-state index in [0.29, 0.717) is 18.8 Å². The molecule has 5 heteroatoms. The molecule has 1 heterocycles. The van der Waals surface area contributed by atoms with Gasteiger partial charge in [-0.3, -0.25) is 0 Å². The van der Waals surface area contributed by atoms with Crippen molar-refractivity contribution in [1.29, 1.82) is 0 Å². The maximum absolute atomic E-state index is 11.5. The molecule has 19 heavy (non-hydrogen) atoms. The minimum atomic E-state index is -0.313. The predicted octanol–water partition coefficient (Wildman–Crippen LogP) is 2.14. The van der Waals surface area contributed by atoms with E-state index < -0.39 is 0 Å². The third kappa shape index (κ3) is 3.84. The smallest absolute Gasteiger partial charge is 0.338 e. The maximum Gasteiger partial charge on any atom is 0.338 e. The Labute approximate surface area is 111 Å². The van der Waals surface area contributed by atoms with Crippen LogP contribution in [0.25, 0.3) is 0 Å². The van der Waals surface area contributed by atoms with Crippen LogP contribution in [0.2, 0.25) is 0 Å². The number of esters is 1. The van der Waals surface area contributed by atoms with Gasteiger partial charge < -0.3 is 14.0 Å². The van der Waals surface area contributed by atoms with Crippen LogP contribution in [0.3, 0.4) is 0 Å². The second-order valence-electron chi connectivity index (χ2n) is 3.89. The third-order valence-corrected chi connectivity index (χ3v) is 2.54. The van der Waals surface area contributed by atoms with Gasteiger partial charge in [-0.15, -0.1) is 0 Å². The van der Waals surface area contributed by atoms with Gasteiger partial charge in [-0.05, 0) is 31.2 Å². The number of rotatable bonds is 6. The quantitative estimate of drug-likeness (QED) is 0.747. The van der Waals surface area contributed by atoms with Crippen molar-refractivity contribution in [3.8, 4) is 5.75 Å². The lowest BCUT2D eigenvalue weighted by molar-refractivity contribution is 0.0526. The normalized spacial score (nSPS) is 10.2. The van der Waals surface area contributed by atoms with Crippen molar-refractivity contribution in [3.63, 3.8) is 0 Å². The van der Waals surface area contributed by atoms with E-state index in [-0.39, 0.29) is 5.97 Å². The monoisotopic (exact) mass is 260 g/mol. The van der Waals surface area contributed by atoms with Crippen LogP contribution >= 0.6 is 0 Å². The number of nitrogens with zero attached hydrogens (tertiary/aromatic N) is 2. The largest absolute Gasteiger partial charge is 0.492 e. The Kier molecular flexibility index (Phi) is 4.55. The van der Waals surface area contributed by atoms with E-state index in [1.807, 2.05) is 10.8 Å². The molecule has 2 rings (SSSR count). The average Bonchev–Trinajstić information content (AvgIpc) is 2.93. The molecule has 100 valence electrons. The SMILES string of the molecule is CCOC(=O)c1ccc(OCCn2ccnc2)cc1. The zero-order valence-electron chi connectivity index (χ0n) is 10.8. The minimum absolute atomic E-state index is 0.313. The summed E-state index contributed by atoms with van der Waals surface area (Å²) >= 11 is 0. The highest BCUT2D eigenvalue weighted by atomic mass is 16.5. The molecule has 0 amide bonds. The minimum Gasteiger partial charge on any atom is -0.492 e. The highest BCUT2D eigenvalue weighted by Gasteiger charge is 2.05. The fraction of sp³-hybridized carbons (Fsp3) is 0.286.